The van der Waals surface area contributed by atoms with Gasteiger partial charge in [0.1, 0.15) is 0 Å². The first-order valence-electron chi connectivity index (χ1n) is 6.26. The van der Waals surface area contributed by atoms with E-state index in [-0.39, 0.29) is 12.4 Å². The number of carbonyl (C=O) groups is 2. The van der Waals surface area contributed by atoms with Gasteiger partial charge in [0.05, 0.1) is 5.56 Å². The number of aryl methyl sites for hydroxylation is 3. The molecule has 2 aromatic heterocycles. The highest BCUT2D eigenvalue weighted by Crippen LogP contribution is 2.11. The molecule has 2 rings (SSSR count). The highest BCUT2D eigenvalue weighted by Gasteiger charge is 2.15. The molecule has 0 unspecified atom stereocenters. The van der Waals surface area contributed by atoms with Crippen LogP contribution >= 0.6 is 0 Å². The van der Waals surface area contributed by atoms with Gasteiger partial charge in [-0.25, -0.2) is 4.79 Å². The van der Waals surface area contributed by atoms with Gasteiger partial charge in [-0.1, -0.05) is 0 Å². The van der Waals surface area contributed by atoms with E-state index in [1.54, 1.807) is 18.2 Å². The molecule has 2 aromatic rings. The maximum absolute atomic E-state index is 12.0. The number of H-pyrrole nitrogens is 1. The smallest absolute Gasteiger partial charge is 0.340 e. The number of hydrogen-bond acceptors (Lipinski definition) is 4. The Morgan fingerprint density at radius 3 is 2.55 bits per heavy atom. The summed E-state index contributed by atoms with van der Waals surface area (Å²) in [5.41, 5.74) is 3.39. The zero-order chi connectivity index (χ0) is 14.7. The quantitative estimate of drug-likeness (QED) is 0.685. The summed E-state index contributed by atoms with van der Waals surface area (Å²) in [4.78, 5) is 30.8. The van der Waals surface area contributed by atoms with Gasteiger partial charge in [0.15, 0.2) is 6.61 Å². The molecule has 0 aliphatic heterocycles. The number of nitrogens with zero attached hydrogens (tertiary/aromatic N) is 1. The third-order valence-electron chi connectivity index (χ3n) is 2.93. The van der Waals surface area contributed by atoms with E-state index in [1.807, 2.05) is 20.8 Å². The Morgan fingerprint density at radius 1 is 1.25 bits per heavy atom. The third-order valence-corrected chi connectivity index (χ3v) is 2.93. The van der Waals surface area contributed by atoms with Crippen LogP contribution in [0.5, 0.6) is 0 Å². The molecule has 1 N–H and O–H groups in total. The Labute approximate surface area is 117 Å². The molecule has 0 atom stereocenters. The summed E-state index contributed by atoms with van der Waals surface area (Å²) in [5, 5.41) is 0. The summed E-state index contributed by atoms with van der Waals surface area (Å²) in [6.45, 7) is 5.24. The SMILES string of the molecule is Cc1ccc(C(=O)OCC(=O)c2cc(C)[nH]c2C)cn1. The van der Waals surface area contributed by atoms with Gasteiger partial charge in [0.25, 0.3) is 0 Å². The fourth-order valence-electron chi connectivity index (χ4n) is 1.89. The van der Waals surface area contributed by atoms with E-state index < -0.39 is 5.97 Å². The van der Waals surface area contributed by atoms with Crippen LogP contribution in [-0.4, -0.2) is 28.3 Å². The maximum Gasteiger partial charge on any atom is 0.340 e. The standard InChI is InChI=1S/C15H16N2O3/c1-9-4-5-12(7-16-9)15(19)20-8-14(18)13-6-10(2)17-11(13)3/h4-7,17H,8H2,1-3H3. The fourth-order valence-corrected chi connectivity index (χ4v) is 1.89. The number of carbonyl (C=O) groups excluding carboxylic acids is 2. The zero-order valence-electron chi connectivity index (χ0n) is 11.7. The van der Waals surface area contributed by atoms with Crippen molar-refractivity contribution in [2.45, 2.75) is 20.8 Å². The first-order chi connectivity index (χ1) is 9.47. The summed E-state index contributed by atoms with van der Waals surface area (Å²) >= 11 is 0. The number of esters is 1. The van der Waals surface area contributed by atoms with Gasteiger partial charge < -0.3 is 9.72 Å². The van der Waals surface area contributed by atoms with Crippen LogP contribution in [0, 0.1) is 20.8 Å². The van der Waals surface area contributed by atoms with Crippen LogP contribution < -0.4 is 0 Å². The van der Waals surface area contributed by atoms with E-state index in [9.17, 15) is 9.59 Å². The second-order valence-electron chi connectivity index (χ2n) is 4.68. The van der Waals surface area contributed by atoms with Crippen LogP contribution in [0.2, 0.25) is 0 Å². The Hall–Kier alpha value is -2.43. The third kappa shape index (κ3) is 3.12. The molecule has 20 heavy (non-hydrogen) atoms. The van der Waals surface area contributed by atoms with Gasteiger partial charge in [-0.15, -0.1) is 0 Å². The van der Waals surface area contributed by atoms with Crippen LogP contribution in [-0.2, 0) is 4.74 Å². The van der Waals surface area contributed by atoms with E-state index in [0.717, 1.165) is 17.1 Å². The van der Waals surface area contributed by atoms with Crippen LogP contribution in [0.25, 0.3) is 0 Å². The lowest BCUT2D eigenvalue weighted by molar-refractivity contribution is 0.0474. The number of aromatic amines is 1. The molecule has 0 saturated carbocycles. The molecule has 0 amide bonds. The number of Topliss-reactive ketones (excluding diaryl/α,β-unsaturated/α-hetero) is 1. The molecule has 0 fully saturated rings. The molecule has 0 radical (unpaired) electrons. The molecule has 0 aromatic carbocycles. The molecular weight excluding hydrogens is 256 g/mol. The lowest BCUT2D eigenvalue weighted by atomic mass is 10.1. The average molecular weight is 272 g/mol. The van der Waals surface area contributed by atoms with Gasteiger partial charge in [0, 0.05) is 28.8 Å². The molecular formula is C15H16N2O3. The van der Waals surface area contributed by atoms with Crippen molar-refractivity contribution < 1.29 is 14.3 Å². The summed E-state index contributed by atoms with van der Waals surface area (Å²) in [7, 11) is 0. The summed E-state index contributed by atoms with van der Waals surface area (Å²) in [6, 6.07) is 5.10. The zero-order valence-corrected chi connectivity index (χ0v) is 11.7. The van der Waals surface area contributed by atoms with Gasteiger partial charge in [-0.2, -0.15) is 0 Å². The lowest BCUT2D eigenvalue weighted by Gasteiger charge is -2.04. The second-order valence-corrected chi connectivity index (χ2v) is 4.68. The molecule has 5 heteroatoms. The highest BCUT2D eigenvalue weighted by atomic mass is 16.5. The van der Waals surface area contributed by atoms with Crippen molar-refractivity contribution in [3.05, 3.63) is 52.6 Å². The van der Waals surface area contributed by atoms with Crippen molar-refractivity contribution in [1.82, 2.24) is 9.97 Å². The highest BCUT2D eigenvalue weighted by molar-refractivity contribution is 6.00. The number of nitrogens with one attached hydrogen (secondary N) is 1. The van der Waals surface area contributed by atoms with Crippen LogP contribution in [0.1, 0.15) is 37.8 Å². The number of aromatic nitrogens is 2. The van der Waals surface area contributed by atoms with Gasteiger partial charge >= 0.3 is 5.97 Å². The minimum atomic E-state index is -0.546. The summed E-state index contributed by atoms with van der Waals surface area (Å²) in [6.07, 6.45) is 1.44. The topological polar surface area (TPSA) is 72.1 Å². The van der Waals surface area contributed by atoms with Crippen molar-refractivity contribution in [3.8, 4) is 0 Å². The number of ether oxygens (including phenoxy) is 1. The molecule has 0 aliphatic rings. The van der Waals surface area contributed by atoms with Crippen molar-refractivity contribution in [3.63, 3.8) is 0 Å². The van der Waals surface area contributed by atoms with Crippen LogP contribution in [0.3, 0.4) is 0 Å². The Morgan fingerprint density at radius 2 is 2.00 bits per heavy atom. The van der Waals surface area contributed by atoms with Crippen molar-refractivity contribution in [1.29, 1.82) is 0 Å². The lowest BCUT2D eigenvalue weighted by Crippen LogP contribution is -2.14. The van der Waals surface area contributed by atoms with E-state index >= 15 is 0 Å². The maximum atomic E-state index is 12.0. The average Bonchev–Trinajstić information content (AvgIpc) is 2.75. The molecule has 0 bridgehead atoms. The minimum absolute atomic E-state index is 0.222. The molecule has 0 saturated heterocycles. The van der Waals surface area contributed by atoms with E-state index in [4.69, 9.17) is 4.74 Å². The van der Waals surface area contributed by atoms with Crippen molar-refractivity contribution in [2.24, 2.45) is 0 Å². The monoisotopic (exact) mass is 272 g/mol. The molecule has 0 spiro atoms. The van der Waals surface area contributed by atoms with E-state index in [0.29, 0.717) is 11.1 Å². The van der Waals surface area contributed by atoms with Gasteiger partial charge in [-0.05, 0) is 39.0 Å². The fraction of sp³-hybridized carbons (Fsp3) is 0.267. The van der Waals surface area contributed by atoms with Crippen molar-refractivity contribution in [2.75, 3.05) is 6.61 Å². The molecule has 0 aliphatic carbocycles. The summed E-state index contributed by atoms with van der Waals surface area (Å²) in [5.74, 6) is -0.768. The normalized spacial score (nSPS) is 10.3. The number of rotatable bonds is 4. The largest absolute Gasteiger partial charge is 0.454 e. The van der Waals surface area contributed by atoms with Gasteiger partial charge in [-0.3, -0.25) is 9.78 Å². The predicted molar refractivity (Wildman–Crippen MR) is 73.9 cm³/mol. The Kier molecular flexibility index (Phi) is 3.98. The number of hydrogen-bond donors (Lipinski definition) is 1. The minimum Gasteiger partial charge on any atom is -0.454 e. The first kappa shape index (κ1) is 14.0. The molecule has 2 heterocycles. The Bertz CT molecular complexity index is 642. The van der Waals surface area contributed by atoms with Crippen molar-refractivity contribution >= 4 is 11.8 Å². The Balaban J connectivity index is 1.98. The number of ketones is 1. The predicted octanol–water partition coefficient (Wildman–Crippen LogP) is 2.37. The van der Waals surface area contributed by atoms with Crippen LogP contribution in [0.15, 0.2) is 24.4 Å². The molecule has 104 valence electrons. The van der Waals surface area contributed by atoms with E-state index in [2.05, 4.69) is 9.97 Å². The van der Waals surface area contributed by atoms with Gasteiger partial charge in [0.2, 0.25) is 5.78 Å². The van der Waals surface area contributed by atoms with Crippen LogP contribution in [0.4, 0.5) is 0 Å². The number of pyridine rings is 1. The second kappa shape index (κ2) is 5.69. The first-order valence-corrected chi connectivity index (χ1v) is 6.26. The summed E-state index contributed by atoms with van der Waals surface area (Å²) < 4.78 is 5.01. The molecule has 5 nitrogen and oxygen atoms in total. The van der Waals surface area contributed by atoms with E-state index in [1.165, 1.54) is 6.20 Å².